The van der Waals surface area contributed by atoms with Crippen LogP contribution in [0.2, 0.25) is 0 Å². The van der Waals surface area contributed by atoms with E-state index in [4.69, 9.17) is 24.2 Å². The van der Waals surface area contributed by atoms with Crippen molar-refractivity contribution < 1.29 is 46.4 Å². The summed E-state index contributed by atoms with van der Waals surface area (Å²) in [6, 6.07) is 20.3. The van der Waals surface area contributed by atoms with Crippen molar-refractivity contribution in [2.24, 2.45) is 7.05 Å². The molecule has 0 bridgehead atoms. The van der Waals surface area contributed by atoms with Crippen LogP contribution in [-0.4, -0.2) is 74.6 Å². The number of aromatic nitrogens is 5. The van der Waals surface area contributed by atoms with Crippen molar-refractivity contribution in [1.82, 2.24) is 25.0 Å². The summed E-state index contributed by atoms with van der Waals surface area (Å²) >= 11 is 0. The molecule has 64 heavy (non-hydrogen) atoms. The predicted octanol–water partition coefficient (Wildman–Crippen LogP) is 6.27. The van der Waals surface area contributed by atoms with Gasteiger partial charge < -0.3 is 34.7 Å². The molecule has 4 N–H and O–H groups in total. The molecular formula is C44H39F4N9O7. The number of rotatable bonds is 17. The van der Waals surface area contributed by atoms with Crippen molar-refractivity contribution in [3.05, 3.63) is 129 Å². The quantitative estimate of drug-likeness (QED) is 0.0586. The van der Waals surface area contributed by atoms with Crippen molar-refractivity contribution >= 4 is 28.1 Å². The largest absolute Gasteiger partial charge is 0.494 e. The van der Waals surface area contributed by atoms with E-state index in [9.17, 15) is 37.5 Å². The molecule has 1 aliphatic rings. The van der Waals surface area contributed by atoms with Crippen LogP contribution >= 0.6 is 0 Å². The fourth-order valence-electron chi connectivity index (χ4n) is 7.06. The van der Waals surface area contributed by atoms with Gasteiger partial charge in [-0.25, -0.2) is 14.5 Å². The average molecular weight is 882 g/mol. The molecule has 0 saturated heterocycles. The first kappa shape index (κ1) is 44.5. The number of aliphatic hydroxyl groups is 1. The predicted molar refractivity (Wildman–Crippen MR) is 221 cm³/mol. The van der Waals surface area contributed by atoms with E-state index in [2.05, 4.69) is 30.9 Å². The Morgan fingerprint density at radius 2 is 1.62 bits per heavy atom. The Balaban J connectivity index is 0.892. The molecule has 0 radical (unpaired) electrons. The minimum atomic E-state index is -4.97. The molecular weight excluding hydrogens is 843 g/mol. The summed E-state index contributed by atoms with van der Waals surface area (Å²) < 4.78 is 80.9. The van der Waals surface area contributed by atoms with Gasteiger partial charge >= 0.3 is 6.18 Å². The average Bonchev–Trinajstić information content (AvgIpc) is 3.70. The van der Waals surface area contributed by atoms with Crippen molar-refractivity contribution in [2.75, 3.05) is 43.7 Å². The number of benzene rings is 4. The van der Waals surface area contributed by atoms with Crippen molar-refractivity contribution in [3.8, 4) is 29.4 Å². The molecule has 0 aliphatic carbocycles. The number of ether oxygens (including phenoxy) is 4. The highest BCUT2D eigenvalue weighted by atomic mass is 19.4. The molecule has 3 atom stereocenters. The Morgan fingerprint density at radius 3 is 2.28 bits per heavy atom. The van der Waals surface area contributed by atoms with Crippen LogP contribution in [0.4, 0.5) is 28.9 Å². The number of hydrogen-bond donors (Lipinski definition) is 4. The number of anilines is 2. The van der Waals surface area contributed by atoms with Crippen LogP contribution in [-0.2, 0) is 22.8 Å². The summed E-state index contributed by atoms with van der Waals surface area (Å²) in [6.45, 7) is 1.18. The first-order valence-corrected chi connectivity index (χ1v) is 19.7. The monoisotopic (exact) mass is 881 g/mol. The summed E-state index contributed by atoms with van der Waals surface area (Å²) in [5.41, 5.74) is -3.08. The van der Waals surface area contributed by atoms with Gasteiger partial charge in [-0.3, -0.25) is 14.3 Å². The maximum atomic E-state index is 14.6. The maximum Gasteiger partial charge on any atom is 0.417 e. The van der Waals surface area contributed by atoms with E-state index in [1.807, 2.05) is 18.2 Å². The standard InChI is InChI=1S/C44H39F4N9O7/c1-43(60,23-64-30-9-5-25(21-49)6-10-30)42(59)53-28-19-33(44(46,47)48)32(22-50)35(20-28)63-16-4-14-61-13-3-15-62-29-11-7-26(8-12-29)38-37(40-51-24-52-57(40)2)39-36-31(41(58)56-55-39)17-27(45)18-34(36)54-38/h5-12,17-20,24,37-38,54,60H,3-4,13-16,23H2,1-2H3,(H,53,59)(H,56,58)/t37-,38-,43?/m1/s1. The number of alkyl halides is 3. The highest BCUT2D eigenvalue weighted by Gasteiger charge is 2.39. The first-order chi connectivity index (χ1) is 30.7. The Kier molecular flexibility index (Phi) is 13.1. The van der Waals surface area contributed by atoms with Crippen LogP contribution in [0.15, 0.2) is 83.9 Å². The van der Waals surface area contributed by atoms with Crippen LogP contribution in [0.1, 0.15) is 65.5 Å². The van der Waals surface area contributed by atoms with E-state index in [-0.39, 0.29) is 43.1 Å². The van der Waals surface area contributed by atoms with Crippen LogP contribution in [0.25, 0.3) is 10.8 Å². The van der Waals surface area contributed by atoms with E-state index in [1.165, 1.54) is 48.8 Å². The molecule has 16 nitrogen and oxygen atoms in total. The topological polar surface area (TPSA) is 222 Å². The second-order valence-corrected chi connectivity index (χ2v) is 14.9. The van der Waals surface area contributed by atoms with Gasteiger partial charge in [-0.05, 0) is 67.1 Å². The fraction of sp³-hybridized carbons (Fsp3) is 0.295. The van der Waals surface area contributed by atoms with Crippen LogP contribution in [0.5, 0.6) is 17.2 Å². The van der Waals surface area contributed by atoms with Crippen molar-refractivity contribution in [3.63, 3.8) is 0 Å². The van der Waals surface area contributed by atoms with E-state index in [0.717, 1.165) is 18.6 Å². The number of carbonyl (C=O) groups excluding carboxylic acids is 1. The molecule has 0 saturated carbocycles. The lowest BCUT2D eigenvalue weighted by Gasteiger charge is -2.33. The van der Waals surface area contributed by atoms with Gasteiger partial charge in [0.05, 0.1) is 53.4 Å². The minimum Gasteiger partial charge on any atom is -0.494 e. The number of hydrogen-bond acceptors (Lipinski definition) is 13. The number of nitriles is 2. The fourth-order valence-corrected chi connectivity index (χ4v) is 7.06. The van der Waals surface area contributed by atoms with Crippen molar-refractivity contribution in [2.45, 2.75) is 43.5 Å². The van der Waals surface area contributed by atoms with Gasteiger partial charge in [0.25, 0.3) is 11.5 Å². The van der Waals surface area contributed by atoms with Gasteiger partial charge in [0.15, 0.2) is 5.60 Å². The van der Waals surface area contributed by atoms with Crippen LogP contribution in [0.3, 0.4) is 0 Å². The molecule has 1 unspecified atom stereocenters. The molecule has 330 valence electrons. The number of carbonyl (C=O) groups is 1. The summed E-state index contributed by atoms with van der Waals surface area (Å²) in [5, 5.41) is 46.7. The highest BCUT2D eigenvalue weighted by molar-refractivity contribution is 5.98. The van der Waals surface area contributed by atoms with Gasteiger partial charge in [-0.2, -0.15) is 33.9 Å². The third kappa shape index (κ3) is 9.88. The number of nitrogens with zero attached hydrogens (tertiary/aromatic N) is 6. The number of nitrogens with one attached hydrogen (secondary N) is 3. The zero-order valence-corrected chi connectivity index (χ0v) is 34.2. The number of amides is 1. The molecule has 1 aliphatic heterocycles. The molecule has 7 rings (SSSR count). The zero-order valence-electron chi connectivity index (χ0n) is 34.2. The first-order valence-electron chi connectivity index (χ1n) is 19.7. The molecule has 4 aromatic carbocycles. The lowest BCUT2D eigenvalue weighted by molar-refractivity contribution is -0.138. The maximum absolute atomic E-state index is 14.6. The minimum absolute atomic E-state index is 0.126. The van der Waals surface area contributed by atoms with E-state index in [0.29, 0.717) is 53.0 Å². The van der Waals surface area contributed by atoms with Crippen molar-refractivity contribution in [1.29, 1.82) is 10.5 Å². The van der Waals surface area contributed by atoms with Gasteiger partial charge in [0, 0.05) is 55.9 Å². The summed E-state index contributed by atoms with van der Waals surface area (Å²) in [4.78, 5) is 30.0. The summed E-state index contributed by atoms with van der Waals surface area (Å²) in [5.74, 6) is -1.18. The Labute approximate surface area is 362 Å². The molecule has 2 aromatic heterocycles. The third-order valence-electron chi connectivity index (χ3n) is 10.2. The second kappa shape index (κ2) is 18.8. The van der Waals surface area contributed by atoms with Crippen LogP contribution in [0, 0.1) is 28.5 Å². The number of H-pyrrole nitrogens is 1. The summed E-state index contributed by atoms with van der Waals surface area (Å²) in [7, 11) is 1.75. The van der Waals surface area contributed by atoms with Gasteiger partial charge in [-0.1, -0.05) is 12.1 Å². The highest BCUT2D eigenvalue weighted by Crippen LogP contribution is 2.46. The van der Waals surface area contributed by atoms with Gasteiger partial charge in [0.1, 0.15) is 53.5 Å². The van der Waals surface area contributed by atoms with E-state index in [1.54, 1.807) is 23.9 Å². The number of aromatic amines is 1. The molecule has 6 aromatic rings. The van der Waals surface area contributed by atoms with Gasteiger partial charge in [-0.15, -0.1) is 0 Å². The molecule has 0 fully saturated rings. The third-order valence-corrected chi connectivity index (χ3v) is 10.2. The lowest BCUT2D eigenvalue weighted by Crippen LogP contribution is -2.45. The molecule has 20 heteroatoms. The SMILES string of the molecule is Cn1ncnc1[C@H]1c2n[nH]c(=O)c3cc(F)cc(c23)N[C@@H]1c1ccc(OCCCOCCCOc2cc(NC(=O)C(C)(O)COc3ccc(C#N)cc3)cc(C(F)(F)F)c2C#N)cc1. The van der Waals surface area contributed by atoms with E-state index < -0.39 is 64.5 Å². The van der Waals surface area contributed by atoms with E-state index >= 15 is 0 Å². The molecule has 0 spiro atoms. The Morgan fingerprint density at radius 1 is 0.938 bits per heavy atom. The summed E-state index contributed by atoms with van der Waals surface area (Å²) in [6.07, 6.45) is -2.81. The smallest absolute Gasteiger partial charge is 0.417 e. The molecule has 1 amide bonds. The molecule has 3 heterocycles. The normalized spacial score (nSPS) is 15.3. The Hall–Kier alpha value is -7.55. The Bertz CT molecular complexity index is 2800. The van der Waals surface area contributed by atoms with Gasteiger partial charge in [0.2, 0.25) is 0 Å². The number of halogens is 4. The number of aryl methyl sites for hydroxylation is 1. The lowest BCUT2D eigenvalue weighted by atomic mass is 9.83. The zero-order chi connectivity index (χ0) is 45.6. The second-order valence-electron chi connectivity index (χ2n) is 14.9. The van der Waals surface area contributed by atoms with Crippen LogP contribution < -0.4 is 30.4 Å².